The molecule has 0 aromatic carbocycles. The first-order chi connectivity index (χ1) is 7.08. The van der Waals surface area contributed by atoms with Gasteiger partial charge in [0.05, 0.1) is 5.75 Å². The Morgan fingerprint density at radius 3 is 2.33 bits per heavy atom. The topological polar surface area (TPSA) is 37.4 Å². The molecule has 0 atom stereocenters. The summed E-state index contributed by atoms with van der Waals surface area (Å²) >= 11 is 3.56. The summed E-state index contributed by atoms with van der Waals surface area (Å²) in [7, 11) is -2.91. The molecule has 1 aliphatic heterocycles. The molecule has 2 rings (SSSR count). The molecule has 5 heteroatoms. The zero-order valence-corrected chi connectivity index (χ0v) is 11.3. The molecule has 0 bridgehead atoms. The van der Waals surface area contributed by atoms with Gasteiger partial charge in [-0.3, -0.25) is 0 Å². The summed E-state index contributed by atoms with van der Waals surface area (Å²) < 4.78 is 25.1. The van der Waals surface area contributed by atoms with Crippen LogP contribution in [0.2, 0.25) is 0 Å². The van der Waals surface area contributed by atoms with E-state index < -0.39 is 10.0 Å². The predicted octanol–water partition coefficient (Wildman–Crippen LogP) is 1.98. The van der Waals surface area contributed by atoms with Gasteiger partial charge < -0.3 is 0 Å². The minimum absolute atomic E-state index is 0.220. The van der Waals surface area contributed by atoms with Crippen molar-refractivity contribution in [2.75, 3.05) is 24.2 Å². The summed E-state index contributed by atoms with van der Waals surface area (Å²) in [4.78, 5) is 0. The van der Waals surface area contributed by atoms with E-state index >= 15 is 0 Å². The molecule has 0 unspecified atom stereocenters. The van der Waals surface area contributed by atoms with Crippen LogP contribution >= 0.6 is 15.9 Å². The van der Waals surface area contributed by atoms with Crippen molar-refractivity contribution in [2.45, 2.75) is 32.1 Å². The first-order valence-corrected chi connectivity index (χ1v) is 8.35. The summed E-state index contributed by atoms with van der Waals surface area (Å²) in [5.41, 5.74) is 0.220. The monoisotopic (exact) mass is 295 g/mol. The molecular weight excluding hydrogens is 278 g/mol. The number of hydrogen-bond donors (Lipinski definition) is 0. The number of halogens is 1. The zero-order valence-electron chi connectivity index (χ0n) is 8.91. The third kappa shape index (κ3) is 2.39. The van der Waals surface area contributed by atoms with Gasteiger partial charge >= 0.3 is 0 Å². The molecule has 0 aromatic heterocycles. The van der Waals surface area contributed by atoms with Gasteiger partial charge in [0.15, 0.2) is 0 Å². The third-order valence-electron chi connectivity index (χ3n) is 3.66. The van der Waals surface area contributed by atoms with Crippen LogP contribution in [0.1, 0.15) is 32.1 Å². The Labute approximate surface area is 100 Å². The quantitative estimate of drug-likeness (QED) is 0.747. The van der Waals surface area contributed by atoms with E-state index in [2.05, 4.69) is 15.9 Å². The van der Waals surface area contributed by atoms with Gasteiger partial charge in [0.2, 0.25) is 10.0 Å². The van der Waals surface area contributed by atoms with E-state index in [0.29, 0.717) is 5.75 Å². The molecule has 2 aliphatic rings. The Morgan fingerprint density at radius 1 is 1.20 bits per heavy atom. The average molecular weight is 296 g/mol. The summed E-state index contributed by atoms with van der Waals surface area (Å²) in [5, 5.41) is 0.937. The van der Waals surface area contributed by atoms with Crippen molar-refractivity contribution in [1.82, 2.24) is 4.31 Å². The summed E-state index contributed by atoms with van der Waals surface area (Å²) in [6.45, 7) is 1.47. The Kier molecular flexibility index (Phi) is 3.43. The van der Waals surface area contributed by atoms with Crippen molar-refractivity contribution >= 4 is 26.0 Å². The molecule has 0 radical (unpaired) electrons. The lowest BCUT2D eigenvalue weighted by atomic mass is 9.89. The van der Waals surface area contributed by atoms with Crippen LogP contribution in [-0.4, -0.2) is 36.9 Å². The van der Waals surface area contributed by atoms with Crippen LogP contribution in [-0.2, 0) is 10.0 Å². The lowest BCUT2D eigenvalue weighted by Gasteiger charge is -2.30. The average Bonchev–Trinajstić information content (AvgIpc) is 2.76. The fraction of sp³-hybridized carbons (Fsp3) is 1.00. The minimum atomic E-state index is -2.91. The maximum atomic E-state index is 11.7. The van der Waals surface area contributed by atoms with Crippen LogP contribution in [0.4, 0.5) is 0 Å². The van der Waals surface area contributed by atoms with Crippen LogP contribution in [0.3, 0.4) is 0 Å². The molecule has 1 saturated carbocycles. The molecule has 2 fully saturated rings. The normalized spacial score (nSPS) is 29.7. The first kappa shape index (κ1) is 11.9. The second kappa shape index (κ2) is 4.34. The molecule has 3 nitrogen and oxygen atoms in total. The van der Waals surface area contributed by atoms with E-state index in [0.717, 1.165) is 24.8 Å². The van der Waals surface area contributed by atoms with Crippen LogP contribution < -0.4 is 0 Å². The Balaban J connectivity index is 2.07. The zero-order chi connectivity index (χ0) is 10.9. The third-order valence-corrected chi connectivity index (χ3v) is 6.76. The highest BCUT2D eigenvalue weighted by Gasteiger charge is 2.39. The molecule has 15 heavy (non-hydrogen) atoms. The molecule has 0 aromatic rings. The number of sulfonamides is 1. The molecule has 1 aliphatic carbocycles. The van der Waals surface area contributed by atoms with E-state index in [9.17, 15) is 8.42 Å². The summed E-state index contributed by atoms with van der Waals surface area (Å²) in [5.74, 6) is 0.353. The molecule has 0 amide bonds. The van der Waals surface area contributed by atoms with Crippen molar-refractivity contribution in [3.05, 3.63) is 0 Å². The van der Waals surface area contributed by atoms with Gasteiger partial charge in [-0.15, -0.1) is 0 Å². The lowest BCUT2D eigenvalue weighted by Crippen LogP contribution is -2.38. The van der Waals surface area contributed by atoms with Gasteiger partial charge in [-0.25, -0.2) is 12.7 Å². The van der Waals surface area contributed by atoms with E-state index in [1.807, 2.05) is 0 Å². The molecule has 1 heterocycles. The second-order valence-electron chi connectivity index (χ2n) is 4.84. The number of nitrogens with zero attached hydrogens (tertiary/aromatic N) is 1. The first-order valence-electron chi connectivity index (χ1n) is 5.62. The van der Waals surface area contributed by atoms with E-state index in [-0.39, 0.29) is 5.41 Å². The Hall–Kier alpha value is 0.390. The molecular formula is C10H18BrNO2S. The number of hydrogen-bond acceptors (Lipinski definition) is 2. The molecule has 1 saturated heterocycles. The van der Waals surface area contributed by atoms with Crippen molar-refractivity contribution in [3.8, 4) is 0 Å². The van der Waals surface area contributed by atoms with E-state index in [4.69, 9.17) is 0 Å². The summed E-state index contributed by atoms with van der Waals surface area (Å²) in [6.07, 6.45) is 5.65. The van der Waals surface area contributed by atoms with Gasteiger partial charge in [0, 0.05) is 18.4 Å². The maximum absolute atomic E-state index is 11.7. The molecule has 0 N–H and O–H groups in total. The fourth-order valence-electron chi connectivity index (χ4n) is 2.70. The fourth-order valence-corrected chi connectivity index (χ4v) is 5.07. The summed E-state index contributed by atoms with van der Waals surface area (Å²) in [6, 6.07) is 0. The Bertz CT molecular complexity index is 322. The van der Waals surface area contributed by atoms with Crippen LogP contribution in [0, 0.1) is 5.41 Å². The standard InChI is InChI=1S/C10H18BrNO2S/c11-8-10(4-1-2-5-10)9-12-6-3-7-15(12,13)14/h1-9H2. The van der Waals surface area contributed by atoms with Gasteiger partial charge in [-0.2, -0.15) is 0 Å². The van der Waals surface area contributed by atoms with E-state index in [1.54, 1.807) is 4.31 Å². The SMILES string of the molecule is O=S1(=O)CCCN1CC1(CBr)CCCC1. The van der Waals surface area contributed by atoms with Crippen molar-refractivity contribution in [1.29, 1.82) is 0 Å². The predicted molar refractivity (Wildman–Crippen MR) is 64.7 cm³/mol. The maximum Gasteiger partial charge on any atom is 0.214 e. The Morgan fingerprint density at radius 2 is 1.87 bits per heavy atom. The highest BCUT2D eigenvalue weighted by molar-refractivity contribution is 9.09. The van der Waals surface area contributed by atoms with Crippen LogP contribution in [0.25, 0.3) is 0 Å². The van der Waals surface area contributed by atoms with Gasteiger partial charge in [0.1, 0.15) is 0 Å². The van der Waals surface area contributed by atoms with Crippen molar-refractivity contribution in [3.63, 3.8) is 0 Å². The van der Waals surface area contributed by atoms with Crippen LogP contribution in [0.5, 0.6) is 0 Å². The van der Waals surface area contributed by atoms with Gasteiger partial charge in [-0.1, -0.05) is 28.8 Å². The number of alkyl halides is 1. The minimum Gasteiger partial charge on any atom is -0.212 e. The second-order valence-corrected chi connectivity index (χ2v) is 7.49. The largest absolute Gasteiger partial charge is 0.214 e. The van der Waals surface area contributed by atoms with Crippen molar-refractivity contribution < 1.29 is 8.42 Å². The lowest BCUT2D eigenvalue weighted by molar-refractivity contribution is 0.259. The smallest absolute Gasteiger partial charge is 0.212 e. The molecule has 0 spiro atoms. The highest BCUT2D eigenvalue weighted by atomic mass is 79.9. The highest BCUT2D eigenvalue weighted by Crippen LogP contribution is 2.41. The molecule has 88 valence electrons. The van der Waals surface area contributed by atoms with E-state index in [1.165, 1.54) is 25.7 Å². The number of rotatable bonds is 3. The van der Waals surface area contributed by atoms with Gasteiger partial charge in [0.25, 0.3) is 0 Å². The van der Waals surface area contributed by atoms with Crippen molar-refractivity contribution in [2.24, 2.45) is 5.41 Å². The van der Waals surface area contributed by atoms with Gasteiger partial charge in [-0.05, 0) is 24.7 Å². The van der Waals surface area contributed by atoms with Crippen LogP contribution in [0.15, 0.2) is 0 Å².